The van der Waals surface area contributed by atoms with Crippen LogP contribution in [0.25, 0.3) is 0 Å². The Morgan fingerprint density at radius 2 is 1.33 bits per heavy atom. The number of ether oxygens (including phenoxy) is 6. The zero-order valence-electron chi connectivity index (χ0n) is 27.2. The molecule has 0 bridgehead atoms. The minimum absolute atomic E-state index is 0.0195. The Morgan fingerprint density at radius 1 is 0.822 bits per heavy atom. The fourth-order valence-corrected chi connectivity index (χ4v) is 5.95. The van der Waals surface area contributed by atoms with E-state index in [4.69, 9.17) is 28.4 Å². The summed E-state index contributed by atoms with van der Waals surface area (Å²) in [5.41, 5.74) is 0.891. The molecule has 252 valence electrons. The lowest BCUT2D eigenvalue weighted by atomic mass is 9.98. The molecule has 0 aromatic heterocycles. The van der Waals surface area contributed by atoms with E-state index in [0.717, 1.165) is 26.3 Å². The highest BCUT2D eigenvalue weighted by molar-refractivity contribution is 7.90. The predicted molar refractivity (Wildman–Crippen MR) is 160 cm³/mol. The molecule has 1 aromatic carbocycles. The maximum atomic E-state index is 13.3. The maximum absolute atomic E-state index is 13.3. The van der Waals surface area contributed by atoms with Crippen LogP contribution in [0.1, 0.15) is 67.4 Å². The fraction of sp³-hybridized carbons (Fsp3) is 0.633. The van der Waals surface area contributed by atoms with Crippen LogP contribution in [0, 0.1) is 6.92 Å². The average Bonchev–Trinajstić information content (AvgIpc) is 2.89. The second-order valence-electron chi connectivity index (χ2n) is 11.1. The third kappa shape index (κ3) is 11.4. The van der Waals surface area contributed by atoms with Gasteiger partial charge in [0.2, 0.25) is 0 Å². The largest absolute Gasteiger partial charge is 0.463 e. The molecule has 5 atom stereocenters. The van der Waals surface area contributed by atoms with Gasteiger partial charge < -0.3 is 33.3 Å². The van der Waals surface area contributed by atoms with E-state index < -0.39 is 71.2 Å². The molecule has 0 N–H and O–H groups in total. The second-order valence-corrected chi connectivity index (χ2v) is 12.7. The van der Waals surface area contributed by atoms with Crippen LogP contribution in [0.4, 0.5) is 0 Å². The van der Waals surface area contributed by atoms with Gasteiger partial charge in [-0.1, -0.05) is 17.7 Å². The Labute approximate surface area is 264 Å². The van der Waals surface area contributed by atoms with Gasteiger partial charge in [-0.05, 0) is 46.8 Å². The van der Waals surface area contributed by atoms with E-state index in [1.807, 2.05) is 39.5 Å². The number of carbonyl (C=O) groups excluding carboxylic acids is 4. The SMILES string of the molecule is CC(=O)OC[C@H]1O[C@@H](OCC/C(=N\S(=O)(=O)c2ccc(C)cc2)N(C(C)C)C(C)C)[C@H](OC(C)=O)[C@@H](OC(C)=O)[C@@H]1OC(C)=O. The highest BCUT2D eigenvalue weighted by Crippen LogP contribution is 2.30. The molecule has 0 spiro atoms. The summed E-state index contributed by atoms with van der Waals surface area (Å²) in [6.45, 7) is 13.4. The summed E-state index contributed by atoms with van der Waals surface area (Å²) in [7, 11) is -4.10. The van der Waals surface area contributed by atoms with Gasteiger partial charge in [-0.2, -0.15) is 8.42 Å². The van der Waals surface area contributed by atoms with Crippen molar-refractivity contribution in [3.05, 3.63) is 29.8 Å². The Kier molecular flexibility index (Phi) is 13.9. The van der Waals surface area contributed by atoms with Crippen LogP contribution in [0.2, 0.25) is 0 Å². The monoisotopic (exact) mass is 656 g/mol. The van der Waals surface area contributed by atoms with Crippen LogP contribution in [0.3, 0.4) is 0 Å². The van der Waals surface area contributed by atoms with Gasteiger partial charge >= 0.3 is 23.9 Å². The quantitative estimate of drug-likeness (QED) is 0.131. The Hall–Kier alpha value is -3.56. The Morgan fingerprint density at radius 3 is 1.82 bits per heavy atom. The number of nitrogens with zero attached hydrogens (tertiary/aromatic N) is 2. The van der Waals surface area contributed by atoms with Crippen molar-refractivity contribution in [3.8, 4) is 0 Å². The molecule has 0 radical (unpaired) electrons. The Bertz CT molecular complexity index is 1320. The number of esters is 4. The molecule has 1 fully saturated rings. The van der Waals surface area contributed by atoms with Crippen LogP contribution in [0.15, 0.2) is 33.6 Å². The molecule has 1 aliphatic heterocycles. The smallest absolute Gasteiger partial charge is 0.303 e. The van der Waals surface area contributed by atoms with Gasteiger partial charge in [-0.25, -0.2) is 0 Å². The van der Waals surface area contributed by atoms with E-state index in [2.05, 4.69) is 4.40 Å². The topological polar surface area (TPSA) is 173 Å². The zero-order valence-corrected chi connectivity index (χ0v) is 28.0. The number of hydrogen-bond acceptors (Lipinski definition) is 12. The van der Waals surface area contributed by atoms with Crippen LogP contribution in [-0.2, 0) is 57.6 Å². The number of hydrogen-bond donors (Lipinski definition) is 0. The van der Waals surface area contributed by atoms with Gasteiger partial charge in [0, 0.05) is 46.2 Å². The molecule has 0 unspecified atom stereocenters. The molecule has 1 heterocycles. The van der Waals surface area contributed by atoms with Crippen molar-refractivity contribution in [2.45, 2.75) is 116 Å². The average molecular weight is 657 g/mol. The first kappa shape index (κ1) is 37.6. The molecule has 0 amide bonds. The second kappa shape index (κ2) is 16.7. The van der Waals surface area contributed by atoms with E-state index in [1.54, 1.807) is 12.1 Å². The van der Waals surface area contributed by atoms with Crippen molar-refractivity contribution in [1.29, 1.82) is 0 Å². The lowest BCUT2D eigenvalue weighted by molar-refractivity contribution is -0.307. The molecular weight excluding hydrogens is 612 g/mol. The lowest BCUT2D eigenvalue weighted by Crippen LogP contribution is -2.63. The first-order valence-corrected chi connectivity index (χ1v) is 16.0. The highest BCUT2D eigenvalue weighted by Gasteiger charge is 2.52. The molecule has 1 saturated heterocycles. The molecule has 1 aromatic rings. The van der Waals surface area contributed by atoms with Gasteiger partial charge in [0.25, 0.3) is 10.0 Å². The Balaban J connectivity index is 2.48. The number of rotatable bonds is 13. The molecular formula is C30H44N2O12S. The van der Waals surface area contributed by atoms with Crippen molar-refractivity contribution in [1.82, 2.24) is 4.90 Å². The van der Waals surface area contributed by atoms with E-state index in [-0.39, 0.29) is 35.8 Å². The van der Waals surface area contributed by atoms with Gasteiger partial charge in [-0.3, -0.25) is 19.2 Å². The number of carbonyl (C=O) groups is 4. The molecule has 45 heavy (non-hydrogen) atoms. The van der Waals surface area contributed by atoms with Crippen LogP contribution < -0.4 is 0 Å². The summed E-state index contributed by atoms with van der Waals surface area (Å²) in [6, 6.07) is 6.05. The van der Waals surface area contributed by atoms with E-state index >= 15 is 0 Å². The summed E-state index contributed by atoms with van der Waals surface area (Å²) < 4.78 is 64.1. The third-order valence-electron chi connectivity index (χ3n) is 6.51. The first-order valence-electron chi connectivity index (χ1n) is 14.5. The van der Waals surface area contributed by atoms with Crippen LogP contribution in [-0.4, -0.2) is 99.0 Å². The first-order chi connectivity index (χ1) is 20.9. The van der Waals surface area contributed by atoms with Crippen LogP contribution >= 0.6 is 0 Å². The van der Waals surface area contributed by atoms with Crippen LogP contribution in [0.5, 0.6) is 0 Å². The standard InChI is InChI=1S/C30H44N2O12S/c1-17(2)32(18(3)4)26(31-45(37,38)24-12-10-19(5)11-13-24)14-15-39-30-29(43-23(9)36)28(42-22(8)35)27(41-21(7)34)25(44-30)16-40-20(6)33/h10-13,17-18,25,27-30H,14-16H2,1-9H3/b31-26+/t25-,27-,28+,29-,30-/m1/s1. The molecule has 0 aliphatic carbocycles. The number of amidine groups is 1. The summed E-state index contributed by atoms with van der Waals surface area (Å²) in [5.74, 6) is -2.74. The van der Waals surface area contributed by atoms with Crippen molar-refractivity contribution in [2.75, 3.05) is 13.2 Å². The maximum Gasteiger partial charge on any atom is 0.303 e. The van der Waals surface area contributed by atoms with E-state index in [0.29, 0.717) is 0 Å². The fourth-order valence-electron chi connectivity index (χ4n) is 4.91. The third-order valence-corrected chi connectivity index (χ3v) is 7.83. The van der Waals surface area contributed by atoms with Crippen molar-refractivity contribution in [3.63, 3.8) is 0 Å². The lowest BCUT2D eigenvalue weighted by Gasteiger charge is -2.44. The molecule has 0 saturated carbocycles. The number of aryl methyl sites for hydroxylation is 1. The normalized spacial score (nSPS) is 22.1. The number of benzene rings is 1. The van der Waals surface area contributed by atoms with Gasteiger partial charge in [0.05, 0.1) is 11.5 Å². The molecule has 15 heteroatoms. The van der Waals surface area contributed by atoms with Crippen molar-refractivity contribution in [2.24, 2.45) is 4.40 Å². The minimum atomic E-state index is -4.10. The summed E-state index contributed by atoms with van der Waals surface area (Å²) in [5, 5.41) is 0. The van der Waals surface area contributed by atoms with Crippen molar-refractivity contribution < 1.29 is 56.0 Å². The van der Waals surface area contributed by atoms with Gasteiger partial charge in [0.15, 0.2) is 24.6 Å². The van der Waals surface area contributed by atoms with E-state index in [1.165, 1.54) is 19.1 Å². The predicted octanol–water partition coefficient (Wildman–Crippen LogP) is 2.69. The molecule has 14 nitrogen and oxygen atoms in total. The summed E-state index contributed by atoms with van der Waals surface area (Å²) in [4.78, 5) is 49.6. The van der Waals surface area contributed by atoms with Gasteiger partial charge in [0.1, 0.15) is 18.5 Å². The molecule has 1 aliphatic rings. The summed E-state index contributed by atoms with van der Waals surface area (Å²) in [6.07, 6.45) is -6.75. The zero-order chi connectivity index (χ0) is 34.1. The summed E-state index contributed by atoms with van der Waals surface area (Å²) >= 11 is 0. The van der Waals surface area contributed by atoms with Gasteiger partial charge in [-0.15, -0.1) is 4.40 Å². The highest BCUT2D eigenvalue weighted by atomic mass is 32.2. The van der Waals surface area contributed by atoms with Crippen molar-refractivity contribution >= 4 is 39.7 Å². The number of sulfonamides is 1. The van der Waals surface area contributed by atoms with E-state index in [9.17, 15) is 27.6 Å². The minimum Gasteiger partial charge on any atom is -0.463 e. The molecule has 2 rings (SSSR count).